The largest absolute Gasteiger partial charge is 0.337 e. The Morgan fingerprint density at radius 3 is 1.44 bits per heavy atom. The fraction of sp³-hybridized carbons (Fsp3) is 1.00. The van der Waals surface area contributed by atoms with E-state index in [0.29, 0.717) is 0 Å². The van der Waals surface area contributed by atoms with Crippen molar-refractivity contribution < 1.29 is 0 Å². The van der Waals surface area contributed by atoms with Crippen LogP contribution < -0.4 is 4.98 Å². The molecule has 1 rings (SSSR count). The average molecular weight is 241 g/mol. The summed E-state index contributed by atoms with van der Waals surface area (Å²) >= 11 is 0. The van der Waals surface area contributed by atoms with Gasteiger partial charge in [0.2, 0.25) is 0 Å². The molecule has 0 saturated heterocycles. The molecule has 0 radical (unpaired) electrons. The van der Waals surface area contributed by atoms with Crippen LogP contribution in [0.2, 0.25) is 13.1 Å². The number of hydrogen-bond acceptors (Lipinski definition) is 1. The Bertz CT molecular complexity index is 147. The second kappa shape index (κ2) is 9.23. The van der Waals surface area contributed by atoms with Gasteiger partial charge in [-0.05, 0) is 12.8 Å². The smallest absolute Gasteiger partial charge is 0.102 e. The van der Waals surface area contributed by atoms with Crippen molar-refractivity contribution in [3.63, 3.8) is 0 Å². The minimum absolute atomic E-state index is 0.575. The minimum atomic E-state index is -0.575. The van der Waals surface area contributed by atoms with Crippen LogP contribution in [0.5, 0.6) is 0 Å². The first-order chi connectivity index (χ1) is 7.79. The highest BCUT2D eigenvalue weighted by Crippen LogP contribution is 2.16. The predicted octanol–water partition coefficient (Wildman–Crippen LogP) is 4.23. The molecule has 0 spiro atoms. The average Bonchev–Trinajstić information content (AvgIpc) is 2.21. The molecule has 1 aliphatic carbocycles. The monoisotopic (exact) mass is 241 g/mol. The molecule has 1 N–H and O–H groups in total. The second-order valence-corrected chi connectivity index (χ2v) is 8.42. The quantitative estimate of drug-likeness (QED) is 0.713. The van der Waals surface area contributed by atoms with Gasteiger partial charge in [0.05, 0.1) is 0 Å². The lowest BCUT2D eigenvalue weighted by atomic mass is 9.98. The van der Waals surface area contributed by atoms with Crippen molar-refractivity contribution in [2.45, 2.75) is 89.8 Å². The molecule has 1 nitrogen and oxygen atoms in total. The van der Waals surface area contributed by atoms with E-state index in [0.717, 1.165) is 6.04 Å². The summed E-state index contributed by atoms with van der Waals surface area (Å²) < 4.78 is 0. The van der Waals surface area contributed by atoms with Gasteiger partial charge < -0.3 is 4.98 Å². The van der Waals surface area contributed by atoms with Crippen molar-refractivity contribution in [3.8, 4) is 0 Å². The third-order valence-electron chi connectivity index (χ3n) is 3.67. The number of nitrogens with one attached hydrogen (secondary N) is 1. The van der Waals surface area contributed by atoms with Crippen LogP contribution in [0.3, 0.4) is 0 Å². The Balaban J connectivity index is 2.24. The Hall–Kier alpha value is 0.177. The maximum Gasteiger partial charge on any atom is 0.102 e. The van der Waals surface area contributed by atoms with Crippen molar-refractivity contribution in [2.75, 3.05) is 0 Å². The van der Waals surface area contributed by atoms with Gasteiger partial charge in [-0.25, -0.2) is 0 Å². The summed E-state index contributed by atoms with van der Waals surface area (Å²) in [5.74, 6) is 0. The van der Waals surface area contributed by atoms with Crippen LogP contribution in [0.25, 0.3) is 0 Å². The molecular formula is C14H31NSi. The molecular weight excluding hydrogens is 210 g/mol. The molecule has 1 saturated carbocycles. The third kappa shape index (κ3) is 7.45. The lowest BCUT2D eigenvalue weighted by Gasteiger charge is -2.21. The number of rotatable bonds is 2. The van der Waals surface area contributed by atoms with Gasteiger partial charge in [0, 0.05) is 6.04 Å². The highest BCUT2D eigenvalue weighted by Gasteiger charge is 2.10. The first-order valence-electron chi connectivity index (χ1n) is 7.55. The molecule has 1 fully saturated rings. The van der Waals surface area contributed by atoms with Crippen LogP contribution in [-0.2, 0) is 0 Å². The van der Waals surface area contributed by atoms with Crippen LogP contribution in [0.4, 0.5) is 0 Å². The predicted molar refractivity (Wildman–Crippen MR) is 76.6 cm³/mol. The molecule has 1 aliphatic rings. The summed E-state index contributed by atoms with van der Waals surface area (Å²) in [6.07, 6.45) is 16.1. The third-order valence-corrected chi connectivity index (χ3v) is 4.81. The zero-order valence-electron chi connectivity index (χ0n) is 11.4. The van der Waals surface area contributed by atoms with Crippen LogP contribution >= 0.6 is 0 Å². The molecule has 0 amide bonds. The highest BCUT2D eigenvalue weighted by atomic mass is 28.3. The van der Waals surface area contributed by atoms with Crippen LogP contribution in [-0.4, -0.2) is 15.0 Å². The van der Waals surface area contributed by atoms with Crippen molar-refractivity contribution in [2.24, 2.45) is 0 Å². The lowest BCUT2D eigenvalue weighted by molar-refractivity contribution is 0.445. The van der Waals surface area contributed by atoms with E-state index in [1.54, 1.807) is 0 Å². The molecule has 0 aromatic heterocycles. The van der Waals surface area contributed by atoms with Crippen LogP contribution in [0.15, 0.2) is 0 Å². The molecule has 16 heavy (non-hydrogen) atoms. The molecule has 96 valence electrons. The van der Waals surface area contributed by atoms with Gasteiger partial charge in [0.15, 0.2) is 0 Å². The van der Waals surface area contributed by atoms with E-state index in [4.69, 9.17) is 0 Å². The van der Waals surface area contributed by atoms with Crippen LogP contribution in [0, 0.1) is 0 Å². The molecule has 0 aromatic rings. The van der Waals surface area contributed by atoms with E-state index < -0.39 is 8.96 Å². The van der Waals surface area contributed by atoms with Gasteiger partial charge in [-0.1, -0.05) is 70.9 Å². The normalized spacial score (nSPS) is 22.7. The topological polar surface area (TPSA) is 12.0 Å². The van der Waals surface area contributed by atoms with Crippen molar-refractivity contribution in [3.05, 3.63) is 0 Å². The van der Waals surface area contributed by atoms with E-state index in [2.05, 4.69) is 18.1 Å². The van der Waals surface area contributed by atoms with Gasteiger partial charge in [-0.15, -0.1) is 0 Å². The maximum atomic E-state index is 3.87. The Morgan fingerprint density at radius 1 is 0.688 bits per heavy atom. The molecule has 0 bridgehead atoms. The molecule has 0 heterocycles. The SMILES string of the molecule is C[SiH](C)NC1CCCCCCCCCCC1. The second-order valence-electron chi connectivity index (χ2n) is 5.78. The lowest BCUT2D eigenvalue weighted by Crippen LogP contribution is -2.37. The zero-order valence-corrected chi connectivity index (χ0v) is 12.6. The summed E-state index contributed by atoms with van der Waals surface area (Å²) in [5.41, 5.74) is 0. The summed E-state index contributed by atoms with van der Waals surface area (Å²) in [7, 11) is -0.575. The van der Waals surface area contributed by atoms with E-state index in [1.807, 2.05) is 0 Å². The van der Waals surface area contributed by atoms with Crippen molar-refractivity contribution in [1.82, 2.24) is 4.98 Å². The molecule has 0 unspecified atom stereocenters. The summed E-state index contributed by atoms with van der Waals surface area (Å²) in [6.45, 7) is 4.83. The fourth-order valence-electron chi connectivity index (χ4n) is 2.80. The number of hydrogen-bond donors (Lipinski definition) is 1. The van der Waals surface area contributed by atoms with Gasteiger partial charge in [0.1, 0.15) is 8.96 Å². The van der Waals surface area contributed by atoms with E-state index >= 15 is 0 Å². The van der Waals surface area contributed by atoms with Gasteiger partial charge in [0.25, 0.3) is 0 Å². The van der Waals surface area contributed by atoms with Gasteiger partial charge in [-0.2, -0.15) is 0 Å². The Labute approximate surface area is 104 Å². The van der Waals surface area contributed by atoms with Crippen molar-refractivity contribution in [1.29, 1.82) is 0 Å². The van der Waals surface area contributed by atoms with E-state index in [1.165, 1.54) is 70.6 Å². The maximum absolute atomic E-state index is 3.87. The summed E-state index contributed by atoms with van der Waals surface area (Å²) in [5, 5.41) is 0. The highest BCUT2D eigenvalue weighted by molar-refractivity contribution is 6.52. The zero-order chi connectivity index (χ0) is 11.6. The Morgan fingerprint density at radius 2 is 1.06 bits per heavy atom. The first kappa shape index (κ1) is 14.2. The molecule has 2 heteroatoms. The molecule has 0 aromatic carbocycles. The van der Waals surface area contributed by atoms with Crippen LogP contribution in [0.1, 0.15) is 70.6 Å². The van der Waals surface area contributed by atoms with Crippen molar-refractivity contribution >= 4 is 8.96 Å². The van der Waals surface area contributed by atoms with E-state index in [-0.39, 0.29) is 0 Å². The fourth-order valence-corrected chi connectivity index (χ4v) is 4.08. The minimum Gasteiger partial charge on any atom is -0.337 e. The molecule has 0 atom stereocenters. The Kier molecular flexibility index (Phi) is 8.22. The van der Waals surface area contributed by atoms with Gasteiger partial charge >= 0.3 is 0 Å². The van der Waals surface area contributed by atoms with E-state index in [9.17, 15) is 0 Å². The molecule has 0 aliphatic heterocycles. The summed E-state index contributed by atoms with van der Waals surface area (Å²) in [4.78, 5) is 3.87. The standard InChI is InChI=1S/C14H31NSi/c1-16(2)15-14-12-10-8-6-4-3-5-7-9-11-13-14/h14-16H,3-13H2,1-2H3. The first-order valence-corrected chi connectivity index (χ1v) is 10.4. The van der Waals surface area contributed by atoms with Gasteiger partial charge in [-0.3, -0.25) is 0 Å². The summed E-state index contributed by atoms with van der Waals surface area (Å²) in [6, 6.07) is 0.853.